The van der Waals surface area contributed by atoms with Crippen LogP contribution in [0.5, 0.6) is 5.75 Å². The molecule has 9 nitrogen and oxygen atoms in total. The van der Waals surface area contributed by atoms with Gasteiger partial charge in [-0.1, -0.05) is 12.1 Å². The van der Waals surface area contributed by atoms with Crippen molar-refractivity contribution in [3.8, 4) is 5.75 Å². The zero-order chi connectivity index (χ0) is 21.0. The first-order valence-corrected chi connectivity index (χ1v) is 9.82. The summed E-state index contributed by atoms with van der Waals surface area (Å²) in [7, 11) is 1.64. The molecule has 0 bridgehead atoms. The second-order valence-corrected chi connectivity index (χ2v) is 7.38. The van der Waals surface area contributed by atoms with Gasteiger partial charge in [0.15, 0.2) is 0 Å². The minimum absolute atomic E-state index is 0.0105. The third kappa shape index (κ3) is 4.98. The van der Waals surface area contributed by atoms with Crippen molar-refractivity contribution in [2.75, 3.05) is 44.7 Å². The summed E-state index contributed by atoms with van der Waals surface area (Å²) >= 11 is 0. The van der Waals surface area contributed by atoms with Crippen LogP contribution in [-0.4, -0.2) is 91.2 Å². The van der Waals surface area contributed by atoms with Crippen LogP contribution in [0.25, 0.3) is 0 Å². The number of carbonyl (C=O) groups excluding carboxylic acids is 2. The number of hydrogen-bond acceptors (Lipinski definition) is 7. The Balaban J connectivity index is 1.51. The van der Waals surface area contributed by atoms with Crippen molar-refractivity contribution in [3.05, 3.63) is 24.3 Å². The molecule has 1 aromatic rings. The van der Waals surface area contributed by atoms with Crippen molar-refractivity contribution < 1.29 is 29.3 Å². The minimum atomic E-state index is -1.16. The fourth-order valence-corrected chi connectivity index (χ4v) is 3.80. The highest BCUT2D eigenvalue weighted by Crippen LogP contribution is 2.29. The Hall–Kier alpha value is -2.36. The van der Waals surface area contributed by atoms with Crippen LogP contribution in [0.15, 0.2) is 24.3 Å². The number of nitrogens with one attached hydrogen (secondary N) is 1. The van der Waals surface area contributed by atoms with Crippen LogP contribution in [0.4, 0.5) is 5.69 Å². The molecular weight excluding hydrogens is 378 g/mol. The summed E-state index contributed by atoms with van der Waals surface area (Å²) in [6.07, 6.45) is -3.82. The maximum absolute atomic E-state index is 12.7. The molecule has 2 heterocycles. The number of aliphatic hydroxyl groups excluding tert-OH is 2. The summed E-state index contributed by atoms with van der Waals surface area (Å²) in [5.41, 5.74) is 1.00. The molecule has 0 spiro atoms. The molecule has 160 valence electrons. The van der Waals surface area contributed by atoms with Gasteiger partial charge in [0, 0.05) is 39.6 Å². The third-order valence-corrected chi connectivity index (χ3v) is 5.45. The summed E-state index contributed by atoms with van der Waals surface area (Å²) < 4.78 is 11.0. The van der Waals surface area contributed by atoms with Crippen molar-refractivity contribution >= 4 is 17.5 Å². The molecule has 0 aliphatic carbocycles. The van der Waals surface area contributed by atoms with E-state index in [2.05, 4.69) is 10.2 Å². The van der Waals surface area contributed by atoms with Gasteiger partial charge in [-0.15, -0.1) is 0 Å². The van der Waals surface area contributed by atoms with Gasteiger partial charge in [0.05, 0.1) is 25.3 Å². The van der Waals surface area contributed by atoms with E-state index in [-0.39, 0.29) is 24.8 Å². The van der Waals surface area contributed by atoms with E-state index in [1.165, 1.54) is 6.92 Å². The van der Waals surface area contributed by atoms with E-state index in [0.29, 0.717) is 26.2 Å². The lowest BCUT2D eigenvalue weighted by molar-refractivity contribution is -0.135. The molecule has 2 amide bonds. The van der Waals surface area contributed by atoms with Gasteiger partial charge in [-0.05, 0) is 12.1 Å². The first-order valence-electron chi connectivity index (χ1n) is 9.82. The smallest absolute Gasteiger partial charge is 0.225 e. The van der Waals surface area contributed by atoms with E-state index in [1.807, 2.05) is 24.3 Å². The van der Waals surface area contributed by atoms with Gasteiger partial charge < -0.3 is 34.8 Å². The predicted octanol–water partition coefficient (Wildman–Crippen LogP) is -0.641. The Kier molecular flexibility index (Phi) is 6.94. The third-order valence-electron chi connectivity index (χ3n) is 5.45. The Morgan fingerprint density at radius 1 is 1.14 bits per heavy atom. The second-order valence-electron chi connectivity index (χ2n) is 7.38. The lowest BCUT2D eigenvalue weighted by Gasteiger charge is -2.37. The van der Waals surface area contributed by atoms with E-state index in [1.54, 1.807) is 12.0 Å². The van der Waals surface area contributed by atoms with Crippen molar-refractivity contribution in [2.45, 2.75) is 37.8 Å². The lowest BCUT2D eigenvalue weighted by Crippen LogP contribution is -2.50. The number of anilines is 1. The number of ether oxygens (including phenoxy) is 2. The normalized spacial score (nSPS) is 27.0. The quantitative estimate of drug-likeness (QED) is 0.575. The van der Waals surface area contributed by atoms with E-state index < -0.39 is 24.4 Å². The first kappa shape index (κ1) is 21.4. The maximum atomic E-state index is 12.7. The maximum Gasteiger partial charge on any atom is 0.225 e. The summed E-state index contributed by atoms with van der Waals surface area (Å²) in [4.78, 5) is 27.6. The molecule has 2 fully saturated rings. The fraction of sp³-hybridized carbons (Fsp3) is 0.600. The number of nitrogens with zero attached hydrogens (tertiary/aromatic N) is 2. The molecule has 3 rings (SSSR count). The lowest BCUT2D eigenvalue weighted by atomic mass is 10.0. The van der Waals surface area contributed by atoms with Crippen LogP contribution in [0.2, 0.25) is 0 Å². The minimum Gasteiger partial charge on any atom is -0.495 e. The zero-order valence-corrected chi connectivity index (χ0v) is 16.8. The van der Waals surface area contributed by atoms with Crippen molar-refractivity contribution in [1.29, 1.82) is 0 Å². The van der Waals surface area contributed by atoms with Gasteiger partial charge in [-0.2, -0.15) is 0 Å². The first-order chi connectivity index (χ1) is 13.9. The standard InChI is InChI=1S/C20H29N3O6/c1-13(24)21-12-17-20(27)19(26)16(29-17)11-18(25)23-9-7-22(8-10-23)14-5-3-4-6-15(14)28-2/h3-6,16-17,19-20,26-27H,7-12H2,1-2H3,(H,21,24)/t16-,17+,19-,20+/m0/s1. The number of piperazine rings is 1. The van der Waals surface area contributed by atoms with E-state index in [9.17, 15) is 19.8 Å². The van der Waals surface area contributed by atoms with Gasteiger partial charge in [0.25, 0.3) is 0 Å². The molecular formula is C20H29N3O6. The second kappa shape index (κ2) is 9.43. The number of benzene rings is 1. The monoisotopic (exact) mass is 407 g/mol. The Morgan fingerprint density at radius 3 is 2.45 bits per heavy atom. The number of carbonyl (C=O) groups is 2. The number of methoxy groups -OCH3 is 1. The number of hydrogen-bond donors (Lipinski definition) is 3. The van der Waals surface area contributed by atoms with Gasteiger partial charge in [0.1, 0.15) is 24.1 Å². The summed E-state index contributed by atoms with van der Waals surface area (Å²) in [6.45, 7) is 3.91. The summed E-state index contributed by atoms with van der Waals surface area (Å²) in [5.74, 6) is 0.429. The number of amides is 2. The van der Waals surface area contributed by atoms with Crippen LogP contribution < -0.4 is 15.0 Å². The average Bonchev–Trinajstić information content (AvgIpc) is 3.00. The van der Waals surface area contributed by atoms with Crippen LogP contribution in [-0.2, 0) is 14.3 Å². The molecule has 0 radical (unpaired) electrons. The Bertz CT molecular complexity index is 722. The van der Waals surface area contributed by atoms with Gasteiger partial charge in [-0.25, -0.2) is 0 Å². The van der Waals surface area contributed by atoms with Gasteiger partial charge >= 0.3 is 0 Å². The molecule has 0 aromatic heterocycles. The topological polar surface area (TPSA) is 112 Å². The van der Waals surface area contributed by atoms with E-state index in [0.717, 1.165) is 11.4 Å². The molecule has 3 N–H and O–H groups in total. The number of aliphatic hydroxyl groups is 2. The average molecular weight is 407 g/mol. The van der Waals surface area contributed by atoms with Crippen molar-refractivity contribution in [2.24, 2.45) is 0 Å². The van der Waals surface area contributed by atoms with Crippen molar-refractivity contribution in [1.82, 2.24) is 10.2 Å². The molecule has 2 aliphatic rings. The fourth-order valence-electron chi connectivity index (χ4n) is 3.80. The Morgan fingerprint density at radius 2 is 1.79 bits per heavy atom. The SMILES string of the molecule is COc1ccccc1N1CCN(C(=O)C[C@@H]2O[C@H](CNC(C)=O)[C@@H](O)[C@H]2O)CC1. The molecule has 2 saturated heterocycles. The molecule has 0 unspecified atom stereocenters. The molecule has 2 aliphatic heterocycles. The van der Waals surface area contributed by atoms with E-state index in [4.69, 9.17) is 9.47 Å². The summed E-state index contributed by atoms with van der Waals surface area (Å²) in [5, 5.41) is 22.9. The highest BCUT2D eigenvalue weighted by molar-refractivity contribution is 5.77. The Labute approximate surface area is 170 Å². The van der Waals surface area contributed by atoms with Crippen LogP contribution >= 0.6 is 0 Å². The highest BCUT2D eigenvalue weighted by atomic mass is 16.5. The zero-order valence-electron chi connectivity index (χ0n) is 16.8. The number of rotatable bonds is 6. The molecule has 9 heteroatoms. The van der Waals surface area contributed by atoms with Crippen LogP contribution in [0.1, 0.15) is 13.3 Å². The van der Waals surface area contributed by atoms with Gasteiger partial charge in [-0.3, -0.25) is 9.59 Å². The van der Waals surface area contributed by atoms with Crippen LogP contribution in [0, 0.1) is 0 Å². The predicted molar refractivity (Wildman–Crippen MR) is 106 cm³/mol. The summed E-state index contributed by atoms with van der Waals surface area (Å²) in [6, 6.07) is 7.78. The van der Waals surface area contributed by atoms with E-state index >= 15 is 0 Å². The largest absolute Gasteiger partial charge is 0.495 e. The highest BCUT2D eigenvalue weighted by Gasteiger charge is 2.43. The van der Waals surface area contributed by atoms with Gasteiger partial charge in [0.2, 0.25) is 11.8 Å². The molecule has 1 aromatic carbocycles. The van der Waals surface area contributed by atoms with Crippen molar-refractivity contribution in [3.63, 3.8) is 0 Å². The molecule has 4 atom stereocenters. The van der Waals surface area contributed by atoms with Crippen LogP contribution in [0.3, 0.4) is 0 Å². The molecule has 29 heavy (non-hydrogen) atoms. The molecule has 0 saturated carbocycles. The number of para-hydroxylation sites is 2.